The summed E-state index contributed by atoms with van der Waals surface area (Å²) in [5.41, 5.74) is 5.51. The summed E-state index contributed by atoms with van der Waals surface area (Å²) in [6.45, 7) is 2.13. The molecule has 0 fully saturated rings. The van der Waals surface area contributed by atoms with Gasteiger partial charge in [0.05, 0.1) is 24.9 Å². The van der Waals surface area contributed by atoms with Gasteiger partial charge in [0.1, 0.15) is 0 Å². The van der Waals surface area contributed by atoms with E-state index in [1.807, 2.05) is 0 Å². The largest absolute Gasteiger partial charge is 0.493 e. The Balaban J connectivity index is 0.00000529. The first-order chi connectivity index (χ1) is 10.8. The van der Waals surface area contributed by atoms with Crippen LogP contribution >= 0.6 is 12.4 Å². The Hall–Kier alpha value is -1.51. The first-order valence-electron chi connectivity index (χ1n) is 7.17. The number of sulfone groups is 1. The molecule has 9 heteroatoms. The molecule has 0 spiro atoms. The third kappa shape index (κ3) is 5.54. The molecule has 1 unspecified atom stereocenters. The molecule has 0 bridgehead atoms. The zero-order valence-electron chi connectivity index (χ0n) is 14.3. The molecule has 1 aromatic rings. The summed E-state index contributed by atoms with van der Waals surface area (Å²) in [4.78, 5) is 13.6. The Morgan fingerprint density at radius 1 is 1.25 bits per heavy atom. The van der Waals surface area contributed by atoms with Gasteiger partial charge in [0.25, 0.3) is 0 Å². The van der Waals surface area contributed by atoms with Crippen molar-refractivity contribution < 1.29 is 22.7 Å². The molecular weight excluding hydrogens is 356 g/mol. The highest BCUT2D eigenvalue weighted by atomic mass is 35.5. The average molecular weight is 381 g/mol. The van der Waals surface area contributed by atoms with E-state index in [0.29, 0.717) is 18.0 Å². The molecule has 0 aliphatic rings. The van der Waals surface area contributed by atoms with Gasteiger partial charge >= 0.3 is 0 Å². The SMILES string of the molecule is COc1ccc(S(=O)(=O)CCC(=O)N(C)C(C)CN)cc1OC.Cl. The van der Waals surface area contributed by atoms with Crippen LogP contribution in [0.3, 0.4) is 0 Å². The fourth-order valence-electron chi connectivity index (χ4n) is 1.93. The van der Waals surface area contributed by atoms with E-state index >= 15 is 0 Å². The molecule has 0 heterocycles. The van der Waals surface area contributed by atoms with Crippen molar-refractivity contribution in [1.29, 1.82) is 0 Å². The van der Waals surface area contributed by atoms with E-state index in [-0.39, 0.29) is 41.4 Å². The minimum Gasteiger partial charge on any atom is -0.493 e. The van der Waals surface area contributed by atoms with E-state index in [2.05, 4.69) is 0 Å². The molecule has 0 saturated heterocycles. The van der Waals surface area contributed by atoms with Crippen molar-refractivity contribution in [1.82, 2.24) is 4.90 Å². The standard InChI is InChI=1S/C15H24N2O5S.ClH/c1-11(10-16)17(2)15(18)7-8-23(19,20)12-5-6-13(21-3)14(9-12)22-4;/h5-6,9,11H,7-8,10,16H2,1-4H3;1H. The molecule has 1 amide bonds. The highest BCUT2D eigenvalue weighted by Crippen LogP contribution is 2.29. The number of hydrogen-bond donors (Lipinski definition) is 1. The van der Waals surface area contributed by atoms with Crippen molar-refractivity contribution in [2.24, 2.45) is 5.73 Å². The Labute approximate surface area is 149 Å². The molecule has 1 aromatic carbocycles. The number of halogens is 1. The highest BCUT2D eigenvalue weighted by Gasteiger charge is 2.21. The van der Waals surface area contributed by atoms with Gasteiger partial charge in [-0.2, -0.15) is 0 Å². The maximum atomic E-state index is 12.4. The quantitative estimate of drug-likeness (QED) is 0.724. The summed E-state index contributed by atoms with van der Waals surface area (Å²) in [6.07, 6.45) is -0.0997. The van der Waals surface area contributed by atoms with E-state index in [1.54, 1.807) is 14.0 Å². The van der Waals surface area contributed by atoms with Crippen LogP contribution < -0.4 is 15.2 Å². The van der Waals surface area contributed by atoms with Crippen molar-refractivity contribution in [2.75, 3.05) is 33.6 Å². The molecule has 2 N–H and O–H groups in total. The number of ether oxygens (including phenoxy) is 2. The second kappa shape index (κ2) is 9.71. The monoisotopic (exact) mass is 380 g/mol. The molecule has 0 saturated carbocycles. The fourth-order valence-corrected chi connectivity index (χ4v) is 3.17. The smallest absolute Gasteiger partial charge is 0.223 e. The Morgan fingerprint density at radius 2 is 1.83 bits per heavy atom. The summed E-state index contributed by atoms with van der Waals surface area (Å²) in [5.74, 6) is 0.239. The summed E-state index contributed by atoms with van der Waals surface area (Å²) < 4.78 is 34.9. The molecule has 0 radical (unpaired) electrons. The summed E-state index contributed by atoms with van der Waals surface area (Å²) in [7, 11) is 0.924. The molecule has 1 rings (SSSR count). The normalized spacial score (nSPS) is 12.0. The minimum absolute atomic E-state index is 0. The van der Waals surface area contributed by atoms with Crippen LogP contribution in [0.25, 0.3) is 0 Å². The summed E-state index contributed by atoms with van der Waals surface area (Å²) >= 11 is 0. The average Bonchev–Trinajstić information content (AvgIpc) is 2.57. The Morgan fingerprint density at radius 3 is 2.33 bits per heavy atom. The van der Waals surface area contributed by atoms with Crippen molar-refractivity contribution in [3.05, 3.63) is 18.2 Å². The van der Waals surface area contributed by atoms with Gasteiger partial charge in [0.2, 0.25) is 5.91 Å². The van der Waals surface area contributed by atoms with Crippen LogP contribution in [0.5, 0.6) is 11.5 Å². The van der Waals surface area contributed by atoms with Gasteiger partial charge in [-0.3, -0.25) is 4.79 Å². The number of nitrogens with zero attached hydrogens (tertiary/aromatic N) is 1. The lowest BCUT2D eigenvalue weighted by molar-refractivity contribution is -0.131. The third-order valence-electron chi connectivity index (χ3n) is 3.69. The molecule has 0 aromatic heterocycles. The maximum absolute atomic E-state index is 12.4. The van der Waals surface area contributed by atoms with Crippen molar-refractivity contribution >= 4 is 28.2 Å². The van der Waals surface area contributed by atoms with E-state index < -0.39 is 9.84 Å². The van der Waals surface area contributed by atoms with Crippen LogP contribution in [-0.2, 0) is 14.6 Å². The Kier molecular flexibility index (Phi) is 9.09. The number of benzene rings is 1. The zero-order valence-corrected chi connectivity index (χ0v) is 15.9. The first-order valence-corrected chi connectivity index (χ1v) is 8.82. The van der Waals surface area contributed by atoms with E-state index in [0.717, 1.165) is 0 Å². The molecule has 7 nitrogen and oxygen atoms in total. The lowest BCUT2D eigenvalue weighted by Crippen LogP contribution is -2.40. The number of methoxy groups -OCH3 is 2. The zero-order chi connectivity index (χ0) is 17.6. The predicted octanol–water partition coefficient (Wildman–Crippen LogP) is 1.09. The van der Waals surface area contributed by atoms with Crippen LogP contribution in [0, 0.1) is 0 Å². The molecule has 24 heavy (non-hydrogen) atoms. The number of amides is 1. The third-order valence-corrected chi connectivity index (χ3v) is 5.41. The summed E-state index contributed by atoms with van der Waals surface area (Å²) in [5, 5.41) is 0. The number of rotatable bonds is 8. The number of nitrogens with two attached hydrogens (primary N) is 1. The van der Waals surface area contributed by atoms with Crippen molar-refractivity contribution in [3.63, 3.8) is 0 Å². The van der Waals surface area contributed by atoms with Gasteiger partial charge < -0.3 is 20.1 Å². The highest BCUT2D eigenvalue weighted by molar-refractivity contribution is 7.91. The van der Waals surface area contributed by atoms with Crippen LogP contribution in [0.1, 0.15) is 13.3 Å². The molecule has 1 atom stereocenters. The number of hydrogen-bond acceptors (Lipinski definition) is 6. The van der Waals surface area contributed by atoms with E-state index in [9.17, 15) is 13.2 Å². The second-order valence-corrected chi connectivity index (χ2v) is 7.28. The van der Waals surface area contributed by atoms with Gasteiger partial charge in [0, 0.05) is 32.1 Å². The molecule has 0 aliphatic heterocycles. The number of carbonyl (C=O) groups excluding carboxylic acids is 1. The Bertz CT molecular complexity index is 651. The lowest BCUT2D eigenvalue weighted by atomic mass is 10.3. The molecule has 0 aliphatic carbocycles. The lowest BCUT2D eigenvalue weighted by Gasteiger charge is -2.23. The van der Waals surface area contributed by atoms with Gasteiger partial charge in [-0.1, -0.05) is 0 Å². The first kappa shape index (κ1) is 22.5. The van der Waals surface area contributed by atoms with Crippen LogP contribution in [0.2, 0.25) is 0 Å². The second-order valence-electron chi connectivity index (χ2n) is 5.18. The van der Waals surface area contributed by atoms with E-state index in [1.165, 1.54) is 37.3 Å². The molecular formula is C15H25ClN2O5S. The van der Waals surface area contributed by atoms with Crippen LogP contribution in [0.4, 0.5) is 0 Å². The van der Waals surface area contributed by atoms with Crippen molar-refractivity contribution in [2.45, 2.75) is 24.3 Å². The fraction of sp³-hybridized carbons (Fsp3) is 0.533. The number of likely N-dealkylation sites (N-methyl/N-ethyl adjacent to an activating group) is 1. The van der Waals surface area contributed by atoms with Gasteiger partial charge in [-0.15, -0.1) is 12.4 Å². The minimum atomic E-state index is -3.59. The van der Waals surface area contributed by atoms with Crippen LogP contribution in [-0.4, -0.2) is 58.8 Å². The van der Waals surface area contributed by atoms with Gasteiger partial charge in [-0.05, 0) is 19.1 Å². The van der Waals surface area contributed by atoms with E-state index in [4.69, 9.17) is 15.2 Å². The topological polar surface area (TPSA) is 98.9 Å². The predicted molar refractivity (Wildman–Crippen MR) is 94.8 cm³/mol. The van der Waals surface area contributed by atoms with Crippen LogP contribution in [0.15, 0.2) is 23.1 Å². The molecule has 138 valence electrons. The maximum Gasteiger partial charge on any atom is 0.223 e. The van der Waals surface area contributed by atoms with Crippen molar-refractivity contribution in [3.8, 4) is 11.5 Å². The van der Waals surface area contributed by atoms with Gasteiger partial charge in [-0.25, -0.2) is 8.42 Å². The summed E-state index contributed by atoms with van der Waals surface area (Å²) in [6, 6.07) is 4.22. The van der Waals surface area contributed by atoms with Gasteiger partial charge in [0.15, 0.2) is 21.3 Å². The number of carbonyl (C=O) groups is 1.